The molecule has 0 heterocycles. The number of hydrogen-bond donors (Lipinski definition) is 2. The van der Waals surface area contributed by atoms with E-state index in [0.29, 0.717) is 82.9 Å². The Balaban J connectivity index is 1.99. The molecular formula is C19H32N2O6. The van der Waals surface area contributed by atoms with Crippen LogP contribution in [0.25, 0.3) is 0 Å². The number of Topliss-reactive ketones (excluding diaryl/α,β-unsaturated/α-hetero) is 1. The lowest BCUT2D eigenvalue weighted by Crippen LogP contribution is -2.38. The van der Waals surface area contributed by atoms with Gasteiger partial charge >= 0.3 is 0 Å². The zero-order valence-corrected chi connectivity index (χ0v) is 16.6. The zero-order valence-electron chi connectivity index (χ0n) is 16.6. The Labute approximate surface area is 160 Å². The van der Waals surface area contributed by atoms with E-state index in [1.165, 1.54) is 0 Å². The van der Waals surface area contributed by atoms with Crippen LogP contribution in [0.4, 0.5) is 11.4 Å². The lowest BCUT2D eigenvalue weighted by atomic mass is 10.1. The number of hydrogen-bond acceptors (Lipinski definition) is 8. The average molecular weight is 384 g/mol. The molecule has 0 atom stereocenters. The molecule has 2 N–H and O–H groups in total. The van der Waals surface area contributed by atoms with Gasteiger partial charge in [0.25, 0.3) is 10.9 Å². The van der Waals surface area contributed by atoms with E-state index in [1.807, 2.05) is 20.8 Å². The highest BCUT2D eigenvalue weighted by atomic mass is 16.5. The van der Waals surface area contributed by atoms with Crippen molar-refractivity contribution in [2.24, 2.45) is 5.92 Å². The summed E-state index contributed by atoms with van der Waals surface area (Å²) in [4.78, 5) is 34.2. The van der Waals surface area contributed by atoms with Crippen LogP contribution in [-0.4, -0.2) is 58.5 Å². The Morgan fingerprint density at radius 2 is 1.37 bits per heavy atom. The predicted molar refractivity (Wildman–Crippen MR) is 106 cm³/mol. The Morgan fingerprint density at radius 3 is 1.93 bits per heavy atom. The quantitative estimate of drug-likeness (QED) is 0.305. The molecule has 1 aromatic rings. The molecule has 0 spiro atoms. The molecule has 0 unspecified atom stereocenters. The summed E-state index contributed by atoms with van der Waals surface area (Å²) in [5.41, 5.74) is -0.226. The summed E-state index contributed by atoms with van der Waals surface area (Å²) < 4.78 is 16.1. The summed E-state index contributed by atoms with van der Waals surface area (Å²) in [6.07, 6.45) is 0.995. The van der Waals surface area contributed by atoms with Crippen molar-refractivity contribution in [3.8, 4) is 0 Å². The van der Waals surface area contributed by atoms with Gasteiger partial charge in [0, 0.05) is 25.9 Å². The van der Waals surface area contributed by atoms with Crippen molar-refractivity contribution < 1.29 is 19.0 Å². The molecule has 0 fully saturated rings. The molecule has 0 saturated heterocycles. The predicted octanol–water partition coefficient (Wildman–Crippen LogP) is 1.18. The van der Waals surface area contributed by atoms with Crippen molar-refractivity contribution >= 4 is 17.2 Å². The van der Waals surface area contributed by atoms with Crippen molar-refractivity contribution in [3.05, 3.63) is 20.4 Å². The second-order valence-electron chi connectivity index (χ2n) is 6.59. The number of anilines is 2. The summed E-state index contributed by atoms with van der Waals surface area (Å²) >= 11 is 0. The SMILES string of the molecule is CCC(=O)CCOCCOCCOCCNc1c(NCC(C)C)c(=O)c1=O. The molecule has 0 bridgehead atoms. The number of rotatable bonds is 17. The van der Waals surface area contributed by atoms with Crippen molar-refractivity contribution in [3.63, 3.8) is 0 Å². The fraction of sp³-hybridized carbons (Fsp3) is 0.737. The summed E-state index contributed by atoms with van der Waals surface area (Å²) in [5.74, 6) is 0.583. The highest BCUT2D eigenvalue weighted by molar-refractivity contribution is 5.78. The first-order chi connectivity index (χ1) is 13.0. The number of ketones is 1. The van der Waals surface area contributed by atoms with Gasteiger partial charge in [-0.15, -0.1) is 0 Å². The normalized spacial score (nSPS) is 11.3. The van der Waals surface area contributed by atoms with E-state index < -0.39 is 10.9 Å². The number of ether oxygens (including phenoxy) is 3. The topological polar surface area (TPSA) is 103 Å². The van der Waals surface area contributed by atoms with Gasteiger partial charge in [-0.3, -0.25) is 14.4 Å². The molecule has 1 rings (SSSR count). The molecule has 0 aliphatic carbocycles. The Bertz CT molecular complexity index is 622. The molecule has 0 aromatic heterocycles. The molecule has 154 valence electrons. The van der Waals surface area contributed by atoms with Gasteiger partial charge in [-0.2, -0.15) is 0 Å². The highest BCUT2D eigenvalue weighted by Gasteiger charge is 2.20. The van der Waals surface area contributed by atoms with Crippen molar-refractivity contribution in [1.82, 2.24) is 0 Å². The minimum absolute atomic E-state index is 0.199. The third kappa shape index (κ3) is 9.12. The van der Waals surface area contributed by atoms with Crippen LogP contribution in [0.3, 0.4) is 0 Å². The van der Waals surface area contributed by atoms with E-state index in [0.717, 1.165) is 0 Å². The Morgan fingerprint density at radius 1 is 0.852 bits per heavy atom. The summed E-state index contributed by atoms with van der Waals surface area (Å²) in [6.45, 7) is 9.60. The van der Waals surface area contributed by atoms with Crippen LogP contribution in [-0.2, 0) is 19.0 Å². The standard InChI is InChI=1S/C19H32N2O6/c1-4-15(22)5-7-25-9-11-27-12-10-26-8-6-20-16-17(19(24)18(16)23)21-13-14(2)3/h14,20-21H,4-13H2,1-3H3. The van der Waals surface area contributed by atoms with Crippen LogP contribution in [0.1, 0.15) is 33.6 Å². The number of carbonyl (C=O) groups excluding carboxylic acids is 1. The fourth-order valence-corrected chi connectivity index (χ4v) is 2.19. The summed E-state index contributed by atoms with van der Waals surface area (Å²) in [6, 6.07) is 0. The molecule has 0 radical (unpaired) electrons. The molecule has 8 heteroatoms. The van der Waals surface area contributed by atoms with Gasteiger partial charge in [0.1, 0.15) is 17.2 Å². The van der Waals surface area contributed by atoms with Crippen LogP contribution in [0.2, 0.25) is 0 Å². The lowest BCUT2D eigenvalue weighted by Gasteiger charge is -2.16. The van der Waals surface area contributed by atoms with Gasteiger partial charge in [0.2, 0.25) is 0 Å². The largest absolute Gasteiger partial charge is 0.380 e. The van der Waals surface area contributed by atoms with Gasteiger partial charge in [-0.25, -0.2) is 0 Å². The Kier molecular flexibility index (Phi) is 11.6. The molecule has 27 heavy (non-hydrogen) atoms. The maximum absolute atomic E-state index is 11.6. The van der Waals surface area contributed by atoms with Crippen LogP contribution in [0, 0.1) is 5.92 Å². The van der Waals surface area contributed by atoms with Gasteiger partial charge in [0.15, 0.2) is 0 Å². The van der Waals surface area contributed by atoms with Gasteiger partial charge in [-0.1, -0.05) is 20.8 Å². The van der Waals surface area contributed by atoms with Gasteiger partial charge in [0.05, 0.1) is 39.6 Å². The second-order valence-corrected chi connectivity index (χ2v) is 6.59. The highest BCUT2D eigenvalue weighted by Crippen LogP contribution is 2.14. The summed E-state index contributed by atoms with van der Waals surface area (Å²) in [7, 11) is 0. The van der Waals surface area contributed by atoms with Crippen molar-refractivity contribution in [2.75, 3.05) is 63.4 Å². The molecule has 0 aliphatic heterocycles. The smallest absolute Gasteiger partial charge is 0.253 e. The van der Waals surface area contributed by atoms with E-state index >= 15 is 0 Å². The van der Waals surface area contributed by atoms with Gasteiger partial charge < -0.3 is 24.8 Å². The average Bonchev–Trinajstić information content (AvgIpc) is 2.66. The van der Waals surface area contributed by atoms with Crippen LogP contribution in [0.5, 0.6) is 0 Å². The van der Waals surface area contributed by atoms with E-state index in [4.69, 9.17) is 14.2 Å². The first-order valence-corrected chi connectivity index (χ1v) is 9.53. The number of nitrogens with one attached hydrogen (secondary N) is 2. The minimum atomic E-state index is -0.481. The Hall–Kier alpha value is -1.77. The third-order valence-corrected chi connectivity index (χ3v) is 3.81. The molecule has 0 aliphatic rings. The third-order valence-electron chi connectivity index (χ3n) is 3.81. The van der Waals surface area contributed by atoms with Crippen molar-refractivity contribution in [1.29, 1.82) is 0 Å². The minimum Gasteiger partial charge on any atom is -0.380 e. The van der Waals surface area contributed by atoms with E-state index in [1.54, 1.807) is 0 Å². The lowest BCUT2D eigenvalue weighted by molar-refractivity contribution is -0.120. The second kappa shape index (κ2) is 13.4. The summed E-state index contributed by atoms with van der Waals surface area (Å²) in [5, 5.41) is 5.95. The first-order valence-electron chi connectivity index (χ1n) is 9.53. The fourth-order valence-electron chi connectivity index (χ4n) is 2.19. The van der Waals surface area contributed by atoms with Crippen LogP contribution >= 0.6 is 0 Å². The van der Waals surface area contributed by atoms with Crippen molar-refractivity contribution in [2.45, 2.75) is 33.6 Å². The molecule has 0 amide bonds. The van der Waals surface area contributed by atoms with E-state index in [2.05, 4.69) is 10.6 Å². The maximum Gasteiger partial charge on any atom is 0.253 e. The van der Waals surface area contributed by atoms with Gasteiger partial charge in [-0.05, 0) is 5.92 Å². The first kappa shape index (κ1) is 23.3. The zero-order chi connectivity index (χ0) is 20.1. The van der Waals surface area contributed by atoms with Crippen LogP contribution < -0.4 is 21.5 Å². The maximum atomic E-state index is 11.6. The molecular weight excluding hydrogens is 352 g/mol. The van der Waals surface area contributed by atoms with Crippen LogP contribution in [0.15, 0.2) is 9.59 Å². The number of carbonyl (C=O) groups is 1. The monoisotopic (exact) mass is 384 g/mol. The van der Waals surface area contributed by atoms with E-state index in [-0.39, 0.29) is 5.78 Å². The molecule has 0 saturated carbocycles. The van der Waals surface area contributed by atoms with E-state index in [9.17, 15) is 14.4 Å². The molecule has 8 nitrogen and oxygen atoms in total. The molecule has 1 aromatic carbocycles.